The maximum atomic E-state index is 10.2. The molecule has 0 aliphatic carbocycles. The third-order valence-electron chi connectivity index (χ3n) is 3.25. The summed E-state index contributed by atoms with van der Waals surface area (Å²) in [5, 5.41) is 19.3. The van der Waals surface area contributed by atoms with Crippen molar-refractivity contribution in [3.63, 3.8) is 0 Å². The van der Waals surface area contributed by atoms with Crippen molar-refractivity contribution in [2.75, 3.05) is 24.7 Å². The second kappa shape index (κ2) is 4.09. The molecule has 78 valence electrons. The summed E-state index contributed by atoms with van der Waals surface area (Å²) in [4.78, 5) is 0. The molecule has 1 N–H and O–H groups in total. The number of hydrogen-bond acceptors (Lipinski definition) is 4. The second-order valence-electron chi connectivity index (χ2n) is 4.14. The molecular formula is C10H15NO2S. The van der Waals surface area contributed by atoms with Gasteiger partial charge in [-0.2, -0.15) is 17.0 Å². The smallest absolute Gasteiger partial charge is 0.109 e. The lowest BCUT2D eigenvalue weighted by Gasteiger charge is -2.29. The van der Waals surface area contributed by atoms with Gasteiger partial charge in [0, 0.05) is 6.61 Å². The molecule has 0 amide bonds. The molecule has 2 aliphatic heterocycles. The summed E-state index contributed by atoms with van der Waals surface area (Å²) in [6.07, 6.45) is 1.23. The average Bonchev–Trinajstić information content (AvgIpc) is 2.89. The Bertz CT molecular complexity index is 239. The third kappa shape index (κ3) is 1.65. The first-order chi connectivity index (χ1) is 6.78. The molecule has 2 heterocycles. The summed E-state index contributed by atoms with van der Waals surface area (Å²) in [5.74, 6) is 2.40. The highest BCUT2D eigenvalue weighted by molar-refractivity contribution is 7.99. The predicted octanol–water partition coefficient (Wildman–Crippen LogP) is 1.03. The molecule has 0 radical (unpaired) electrons. The van der Waals surface area contributed by atoms with Gasteiger partial charge >= 0.3 is 0 Å². The minimum absolute atomic E-state index is 0.293. The average molecular weight is 213 g/mol. The fourth-order valence-corrected chi connectivity index (χ4v) is 3.51. The fraction of sp³-hybridized carbons (Fsp3) is 0.900. The summed E-state index contributed by atoms with van der Waals surface area (Å²) in [6, 6.07) is 2.27. The predicted molar refractivity (Wildman–Crippen MR) is 54.9 cm³/mol. The lowest BCUT2D eigenvalue weighted by atomic mass is 9.77. The highest BCUT2D eigenvalue weighted by Gasteiger charge is 2.46. The molecular weight excluding hydrogens is 198 g/mol. The number of ether oxygens (including phenoxy) is 1. The summed E-state index contributed by atoms with van der Waals surface area (Å²) in [5.41, 5.74) is -0.616. The highest BCUT2D eigenvalue weighted by atomic mass is 32.2. The number of nitriles is 1. The van der Waals surface area contributed by atoms with Crippen LogP contribution in [-0.4, -0.2) is 35.9 Å². The lowest BCUT2D eigenvalue weighted by molar-refractivity contribution is 0.0147. The van der Waals surface area contributed by atoms with Gasteiger partial charge in [0.15, 0.2) is 0 Å². The molecule has 0 spiro atoms. The van der Waals surface area contributed by atoms with Crippen LogP contribution in [0.5, 0.6) is 0 Å². The number of rotatable bonds is 2. The minimum Gasteiger partial charge on any atom is -0.391 e. The van der Waals surface area contributed by atoms with Crippen LogP contribution in [0.4, 0.5) is 0 Å². The van der Waals surface area contributed by atoms with Crippen LogP contribution in [0.25, 0.3) is 0 Å². The fourth-order valence-electron chi connectivity index (χ4n) is 2.22. The Labute approximate surface area is 88.4 Å². The van der Waals surface area contributed by atoms with Crippen molar-refractivity contribution in [2.24, 2.45) is 11.3 Å². The van der Waals surface area contributed by atoms with E-state index in [4.69, 9.17) is 10.00 Å². The minimum atomic E-state index is -0.616. The van der Waals surface area contributed by atoms with Crippen molar-refractivity contribution in [3.8, 4) is 6.07 Å². The van der Waals surface area contributed by atoms with Gasteiger partial charge in [0.05, 0.1) is 18.8 Å². The molecule has 0 bridgehead atoms. The van der Waals surface area contributed by atoms with Crippen LogP contribution in [0.2, 0.25) is 0 Å². The SMILES string of the molecule is N#CC1(C(O)C2CCSC2)CCOC1. The molecule has 3 atom stereocenters. The quantitative estimate of drug-likeness (QED) is 0.744. The Hall–Kier alpha value is -0.240. The van der Waals surface area contributed by atoms with Crippen molar-refractivity contribution in [1.82, 2.24) is 0 Å². The van der Waals surface area contributed by atoms with E-state index in [9.17, 15) is 5.11 Å². The summed E-state index contributed by atoms with van der Waals surface area (Å²) < 4.78 is 5.24. The van der Waals surface area contributed by atoms with E-state index in [0.29, 0.717) is 25.6 Å². The van der Waals surface area contributed by atoms with Crippen LogP contribution in [-0.2, 0) is 4.74 Å². The van der Waals surface area contributed by atoms with Gasteiger partial charge < -0.3 is 9.84 Å². The van der Waals surface area contributed by atoms with Gasteiger partial charge in [-0.3, -0.25) is 0 Å². The normalized spacial score (nSPS) is 39.6. The van der Waals surface area contributed by atoms with Gasteiger partial charge in [-0.05, 0) is 30.3 Å². The van der Waals surface area contributed by atoms with Gasteiger partial charge in [0.25, 0.3) is 0 Å². The van der Waals surface area contributed by atoms with Gasteiger partial charge in [-0.25, -0.2) is 0 Å². The zero-order valence-electron chi connectivity index (χ0n) is 8.11. The lowest BCUT2D eigenvalue weighted by Crippen LogP contribution is -2.40. The topological polar surface area (TPSA) is 53.2 Å². The molecule has 0 aromatic carbocycles. The van der Waals surface area contributed by atoms with Crippen LogP contribution in [0.1, 0.15) is 12.8 Å². The zero-order chi connectivity index (χ0) is 10.0. The van der Waals surface area contributed by atoms with Crippen molar-refractivity contribution in [3.05, 3.63) is 0 Å². The van der Waals surface area contributed by atoms with Crippen molar-refractivity contribution >= 4 is 11.8 Å². The van der Waals surface area contributed by atoms with Crippen molar-refractivity contribution < 1.29 is 9.84 Å². The Morgan fingerprint density at radius 2 is 2.50 bits per heavy atom. The molecule has 3 nitrogen and oxygen atoms in total. The number of aliphatic hydroxyl groups is 1. The molecule has 2 rings (SSSR count). The van der Waals surface area contributed by atoms with E-state index >= 15 is 0 Å². The molecule has 0 aromatic heterocycles. The summed E-state index contributed by atoms with van der Waals surface area (Å²) >= 11 is 1.87. The van der Waals surface area contributed by atoms with Crippen LogP contribution >= 0.6 is 11.8 Å². The number of thioether (sulfide) groups is 1. The maximum absolute atomic E-state index is 10.2. The monoisotopic (exact) mass is 213 g/mol. The van der Waals surface area contributed by atoms with Crippen molar-refractivity contribution in [1.29, 1.82) is 5.26 Å². The molecule has 14 heavy (non-hydrogen) atoms. The van der Waals surface area contributed by atoms with Gasteiger partial charge in [0.2, 0.25) is 0 Å². The first kappa shape index (κ1) is 10.3. The number of nitrogens with zero attached hydrogens (tertiary/aromatic N) is 1. The Morgan fingerprint density at radius 1 is 1.64 bits per heavy atom. The first-order valence-electron chi connectivity index (χ1n) is 5.03. The van der Waals surface area contributed by atoms with E-state index in [2.05, 4.69) is 6.07 Å². The van der Waals surface area contributed by atoms with Crippen LogP contribution in [0.15, 0.2) is 0 Å². The van der Waals surface area contributed by atoms with E-state index < -0.39 is 11.5 Å². The van der Waals surface area contributed by atoms with E-state index in [1.165, 1.54) is 0 Å². The Balaban J connectivity index is 2.07. The first-order valence-corrected chi connectivity index (χ1v) is 6.19. The molecule has 2 fully saturated rings. The molecule has 4 heteroatoms. The molecule has 0 saturated carbocycles. The maximum Gasteiger partial charge on any atom is 0.109 e. The van der Waals surface area contributed by atoms with Crippen LogP contribution in [0.3, 0.4) is 0 Å². The molecule has 2 saturated heterocycles. The van der Waals surface area contributed by atoms with Crippen molar-refractivity contribution in [2.45, 2.75) is 18.9 Å². The summed E-state index contributed by atoms with van der Waals surface area (Å²) in [7, 11) is 0. The van der Waals surface area contributed by atoms with Gasteiger partial charge in [0.1, 0.15) is 5.41 Å². The largest absolute Gasteiger partial charge is 0.391 e. The van der Waals surface area contributed by atoms with Crippen LogP contribution in [0, 0.1) is 22.7 Å². The summed E-state index contributed by atoms with van der Waals surface area (Å²) in [6.45, 7) is 1.02. The van der Waals surface area contributed by atoms with Gasteiger partial charge in [-0.1, -0.05) is 0 Å². The van der Waals surface area contributed by atoms with E-state index in [1.807, 2.05) is 11.8 Å². The third-order valence-corrected chi connectivity index (χ3v) is 4.44. The van der Waals surface area contributed by atoms with E-state index in [0.717, 1.165) is 17.9 Å². The molecule has 2 aliphatic rings. The molecule has 3 unspecified atom stereocenters. The van der Waals surface area contributed by atoms with E-state index in [-0.39, 0.29) is 0 Å². The Morgan fingerprint density at radius 3 is 3.00 bits per heavy atom. The number of aliphatic hydroxyl groups excluding tert-OH is 1. The van der Waals surface area contributed by atoms with Crippen LogP contribution < -0.4 is 0 Å². The molecule has 0 aromatic rings. The van der Waals surface area contributed by atoms with Gasteiger partial charge in [-0.15, -0.1) is 0 Å². The number of hydrogen-bond donors (Lipinski definition) is 1. The highest BCUT2D eigenvalue weighted by Crippen LogP contribution is 2.39. The standard InChI is InChI=1S/C10H15NO2S/c11-6-10(2-3-13-7-10)9(12)8-1-4-14-5-8/h8-9,12H,1-5,7H2. The van der Waals surface area contributed by atoms with E-state index in [1.54, 1.807) is 0 Å². The Kier molecular flexibility index (Phi) is 3.01. The second-order valence-corrected chi connectivity index (χ2v) is 5.29. The zero-order valence-corrected chi connectivity index (χ0v) is 8.92.